The number of hydrogen-bond donors (Lipinski definition) is 0. The first kappa shape index (κ1) is 24.7. The number of alkyl halides is 3. The average molecular weight is 461 g/mol. The Morgan fingerprint density at radius 1 is 0.875 bits per heavy atom. The maximum absolute atomic E-state index is 14.8. The van der Waals surface area contributed by atoms with Crippen molar-refractivity contribution in [1.29, 1.82) is 0 Å². The highest BCUT2D eigenvalue weighted by molar-refractivity contribution is 5.86. The summed E-state index contributed by atoms with van der Waals surface area (Å²) in [4.78, 5) is 0. The molecule has 0 radical (unpaired) electrons. The van der Waals surface area contributed by atoms with Crippen molar-refractivity contribution in [2.24, 2.45) is 5.92 Å². The largest absolute Gasteiger partial charge is 0.478 e. The number of unbranched alkanes of at least 4 members (excludes halogenated alkanes) is 4. The molecule has 1 aliphatic rings. The minimum absolute atomic E-state index is 0.00703. The van der Waals surface area contributed by atoms with Gasteiger partial charge in [-0.05, 0) is 60.6 Å². The zero-order valence-electron chi connectivity index (χ0n) is 18.3. The normalized spacial score (nSPS) is 19.5. The minimum atomic E-state index is -4.76. The molecular weight excluding hydrogens is 430 g/mol. The third-order valence-corrected chi connectivity index (χ3v) is 6.48. The van der Waals surface area contributed by atoms with Gasteiger partial charge in [0.25, 0.3) is 0 Å². The number of ether oxygens (including phenoxy) is 1. The zero-order chi connectivity index (χ0) is 23.3. The summed E-state index contributed by atoms with van der Waals surface area (Å²) in [5.41, 5.74) is 0.680. The molecule has 0 bridgehead atoms. The van der Waals surface area contributed by atoms with Crippen LogP contribution in [0.5, 0.6) is 5.75 Å². The maximum atomic E-state index is 14.8. The van der Waals surface area contributed by atoms with Crippen LogP contribution in [0.1, 0.15) is 82.6 Å². The first-order valence-corrected chi connectivity index (χ1v) is 11.5. The predicted octanol–water partition coefficient (Wildman–Crippen LogP) is 8.83. The Morgan fingerprint density at radius 2 is 1.56 bits per heavy atom. The second-order valence-corrected chi connectivity index (χ2v) is 8.93. The number of hydrogen-bond acceptors (Lipinski definition) is 1. The topological polar surface area (TPSA) is 9.23 Å². The van der Waals surface area contributed by atoms with Crippen LogP contribution in [0.3, 0.4) is 0 Å². The molecule has 7 heteroatoms. The highest BCUT2D eigenvalue weighted by atomic mass is 19.4. The Balaban J connectivity index is 1.69. The van der Waals surface area contributed by atoms with Gasteiger partial charge in [0.15, 0.2) is 24.0 Å². The molecule has 0 spiro atoms. The second-order valence-electron chi connectivity index (χ2n) is 8.93. The van der Waals surface area contributed by atoms with Crippen LogP contribution in [0, 0.1) is 23.4 Å². The fourth-order valence-corrected chi connectivity index (χ4v) is 4.76. The molecule has 1 nitrogen and oxygen atoms in total. The fraction of sp³-hybridized carbons (Fsp3) is 0.600. The smallest absolute Gasteiger partial charge is 0.422 e. The van der Waals surface area contributed by atoms with Crippen molar-refractivity contribution in [1.82, 2.24) is 0 Å². The highest BCUT2D eigenvalue weighted by Gasteiger charge is 2.31. The van der Waals surface area contributed by atoms with Crippen molar-refractivity contribution in [2.75, 3.05) is 6.61 Å². The van der Waals surface area contributed by atoms with Gasteiger partial charge in [-0.25, -0.2) is 13.2 Å². The number of benzene rings is 2. The third kappa shape index (κ3) is 6.32. The molecule has 2 aromatic rings. The molecule has 32 heavy (non-hydrogen) atoms. The summed E-state index contributed by atoms with van der Waals surface area (Å²) in [6, 6.07) is 3.62. The predicted molar refractivity (Wildman–Crippen MR) is 113 cm³/mol. The molecule has 0 unspecified atom stereocenters. The monoisotopic (exact) mass is 460 g/mol. The van der Waals surface area contributed by atoms with E-state index in [0.717, 1.165) is 31.7 Å². The maximum Gasteiger partial charge on any atom is 0.422 e. The van der Waals surface area contributed by atoms with Gasteiger partial charge in [0.05, 0.1) is 5.39 Å². The number of halogens is 6. The molecule has 0 aromatic heterocycles. The lowest BCUT2D eigenvalue weighted by Gasteiger charge is -2.29. The summed E-state index contributed by atoms with van der Waals surface area (Å²) in [7, 11) is 0. The van der Waals surface area contributed by atoms with Crippen molar-refractivity contribution >= 4 is 10.8 Å². The Labute approximate surface area is 185 Å². The van der Waals surface area contributed by atoms with Crippen LogP contribution in [0.15, 0.2) is 18.2 Å². The number of rotatable bonds is 9. The fourth-order valence-electron chi connectivity index (χ4n) is 4.76. The first-order chi connectivity index (χ1) is 15.2. The lowest BCUT2D eigenvalue weighted by molar-refractivity contribution is -0.154. The van der Waals surface area contributed by atoms with E-state index in [9.17, 15) is 26.3 Å². The van der Waals surface area contributed by atoms with Crippen molar-refractivity contribution in [3.8, 4) is 5.75 Å². The van der Waals surface area contributed by atoms with Gasteiger partial charge in [-0.15, -0.1) is 0 Å². The Kier molecular flexibility index (Phi) is 8.34. The standard InChI is InChI=1S/C25H30F6O/c1-2-3-4-5-6-7-16-8-10-17(11-9-16)18-12-19-14-21(27)24(32-15-25(29,30)31)23(28)22(19)20(26)13-18/h12-14,16-17H,2-11,15H2,1H3. The first-order valence-electron chi connectivity index (χ1n) is 11.5. The molecule has 1 fully saturated rings. The van der Waals surface area contributed by atoms with Gasteiger partial charge >= 0.3 is 6.18 Å². The van der Waals surface area contributed by atoms with Gasteiger partial charge in [-0.3, -0.25) is 0 Å². The van der Waals surface area contributed by atoms with Crippen LogP contribution in [-0.4, -0.2) is 12.8 Å². The second kappa shape index (κ2) is 10.8. The van der Waals surface area contributed by atoms with Crippen molar-refractivity contribution < 1.29 is 31.1 Å². The van der Waals surface area contributed by atoms with E-state index in [2.05, 4.69) is 11.7 Å². The van der Waals surface area contributed by atoms with Crippen LogP contribution < -0.4 is 4.74 Å². The van der Waals surface area contributed by atoms with Gasteiger partial charge in [0, 0.05) is 0 Å². The molecule has 0 heterocycles. The van der Waals surface area contributed by atoms with E-state index in [1.807, 2.05) is 0 Å². The molecule has 1 saturated carbocycles. The summed E-state index contributed by atoms with van der Waals surface area (Å²) in [6.45, 7) is 0.341. The van der Waals surface area contributed by atoms with E-state index in [1.165, 1.54) is 44.6 Å². The molecule has 0 amide bonds. The summed E-state index contributed by atoms with van der Waals surface area (Å²) in [6.07, 6.45) is 6.59. The quantitative estimate of drug-likeness (QED) is 0.268. The Bertz CT molecular complexity index is 900. The van der Waals surface area contributed by atoms with Crippen LogP contribution >= 0.6 is 0 Å². The summed E-state index contributed by atoms with van der Waals surface area (Å²) < 4.78 is 85.0. The molecule has 178 valence electrons. The van der Waals surface area contributed by atoms with E-state index in [0.29, 0.717) is 11.5 Å². The van der Waals surface area contributed by atoms with Gasteiger partial charge in [-0.1, -0.05) is 51.5 Å². The van der Waals surface area contributed by atoms with E-state index in [4.69, 9.17) is 0 Å². The van der Waals surface area contributed by atoms with Crippen molar-refractivity contribution in [3.63, 3.8) is 0 Å². The number of fused-ring (bicyclic) bond motifs is 1. The van der Waals surface area contributed by atoms with E-state index < -0.39 is 41.4 Å². The van der Waals surface area contributed by atoms with Gasteiger partial charge in [-0.2, -0.15) is 13.2 Å². The lowest BCUT2D eigenvalue weighted by atomic mass is 9.76. The van der Waals surface area contributed by atoms with Gasteiger partial charge < -0.3 is 4.74 Å². The summed E-state index contributed by atoms with van der Waals surface area (Å²) in [5.74, 6) is -4.06. The average Bonchev–Trinajstić information content (AvgIpc) is 2.72. The molecule has 0 aliphatic heterocycles. The SMILES string of the molecule is CCCCCCCC1CCC(c2cc(F)c3c(F)c(OCC(F)(F)F)c(F)cc3c2)CC1. The molecule has 3 rings (SSSR count). The summed E-state index contributed by atoms with van der Waals surface area (Å²) in [5, 5.41) is -0.555. The molecule has 0 N–H and O–H groups in total. The van der Waals surface area contributed by atoms with E-state index in [-0.39, 0.29) is 11.3 Å². The Morgan fingerprint density at radius 3 is 2.22 bits per heavy atom. The summed E-state index contributed by atoms with van der Waals surface area (Å²) >= 11 is 0. The van der Waals surface area contributed by atoms with Crippen LogP contribution in [0.25, 0.3) is 10.8 Å². The lowest BCUT2D eigenvalue weighted by Crippen LogP contribution is -2.20. The van der Waals surface area contributed by atoms with Gasteiger partial charge in [0.2, 0.25) is 0 Å². The minimum Gasteiger partial charge on any atom is -0.478 e. The van der Waals surface area contributed by atoms with Crippen LogP contribution in [0.2, 0.25) is 0 Å². The third-order valence-electron chi connectivity index (χ3n) is 6.48. The zero-order valence-corrected chi connectivity index (χ0v) is 18.3. The van der Waals surface area contributed by atoms with Crippen LogP contribution in [-0.2, 0) is 0 Å². The van der Waals surface area contributed by atoms with Crippen molar-refractivity contribution in [2.45, 2.75) is 83.2 Å². The molecular formula is C25H30F6O. The van der Waals surface area contributed by atoms with Crippen LogP contribution in [0.4, 0.5) is 26.3 Å². The van der Waals surface area contributed by atoms with E-state index >= 15 is 0 Å². The van der Waals surface area contributed by atoms with Crippen molar-refractivity contribution in [3.05, 3.63) is 41.2 Å². The van der Waals surface area contributed by atoms with E-state index in [1.54, 1.807) is 6.07 Å². The highest BCUT2D eigenvalue weighted by Crippen LogP contribution is 2.40. The molecule has 0 atom stereocenters. The molecule has 2 aromatic carbocycles. The molecule has 0 saturated heterocycles. The van der Waals surface area contributed by atoms with Gasteiger partial charge in [0.1, 0.15) is 5.82 Å². The molecule has 1 aliphatic carbocycles. The Hall–Kier alpha value is -1.92.